The van der Waals surface area contributed by atoms with Gasteiger partial charge in [-0.3, -0.25) is 9.78 Å². The predicted molar refractivity (Wildman–Crippen MR) is 105 cm³/mol. The van der Waals surface area contributed by atoms with Gasteiger partial charge in [-0.15, -0.1) is 5.10 Å². The number of aromatic nitrogens is 4. The highest BCUT2D eigenvalue weighted by Gasteiger charge is 2.10. The topological polar surface area (TPSA) is 72.7 Å². The van der Waals surface area contributed by atoms with Crippen molar-refractivity contribution >= 4 is 11.6 Å². The number of rotatable bonds is 5. The number of carbonyl (C=O) groups excluding carboxylic acids is 1. The Hall–Kier alpha value is -3.87. The summed E-state index contributed by atoms with van der Waals surface area (Å²) in [6, 6.07) is 18.7. The van der Waals surface area contributed by atoms with Crippen molar-refractivity contribution in [3.05, 3.63) is 79.3 Å². The fraction of sp³-hybridized carbons (Fsp3) is 0.0476. The summed E-state index contributed by atoms with van der Waals surface area (Å²) < 4.78 is 14.3. The van der Waals surface area contributed by atoms with E-state index in [2.05, 4.69) is 20.6 Å². The molecular formula is C21H16FN5O. The van der Waals surface area contributed by atoms with Gasteiger partial charge in [-0.1, -0.05) is 35.5 Å². The number of amides is 1. The molecule has 0 atom stereocenters. The van der Waals surface area contributed by atoms with E-state index in [0.717, 1.165) is 22.4 Å². The molecule has 138 valence electrons. The van der Waals surface area contributed by atoms with Crippen LogP contribution >= 0.6 is 0 Å². The van der Waals surface area contributed by atoms with Gasteiger partial charge in [0.05, 0.1) is 11.9 Å². The maximum Gasteiger partial charge on any atom is 0.255 e. The number of pyridine rings is 1. The van der Waals surface area contributed by atoms with Crippen molar-refractivity contribution < 1.29 is 9.18 Å². The van der Waals surface area contributed by atoms with Crippen LogP contribution in [0.5, 0.6) is 0 Å². The van der Waals surface area contributed by atoms with Gasteiger partial charge in [0.2, 0.25) is 0 Å². The van der Waals surface area contributed by atoms with Crippen molar-refractivity contribution in [1.29, 1.82) is 0 Å². The molecule has 0 aliphatic rings. The number of anilines is 1. The fourth-order valence-corrected chi connectivity index (χ4v) is 2.88. The summed E-state index contributed by atoms with van der Waals surface area (Å²) in [5.74, 6) is -0.680. The van der Waals surface area contributed by atoms with Crippen LogP contribution in [0.15, 0.2) is 79.3 Å². The Kier molecular flexibility index (Phi) is 4.88. The van der Waals surface area contributed by atoms with Gasteiger partial charge >= 0.3 is 0 Å². The molecule has 2 aromatic heterocycles. The van der Waals surface area contributed by atoms with Crippen molar-refractivity contribution in [3.63, 3.8) is 0 Å². The third-order valence-corrected chi connectivity index (χ3v) is 4.19. The summed E-state index contributed by atoms with van der Waals surface area (Å²) >= 11 is 0. The first-order valence-electron chi connectivity index (χ1n) is 8.63. The summed E-state index contributed by atoms with van der Waals surface area (Å²) in [5, 5.41) is 11.0. The number of para-hydroxylation sites is 1. The number of nitrogens with zero attached hydrogens (tertiary/aromatic N) is 4. The van der Waals surface area contributed by atoms with E-state index in [0.29, 0.717) is 11.4 Å². The largest absolute Gasteiger partial charge is 0.323 e. The van der Waals surface area contributed by atoms with Gasteiger partial charge in [-0.25, -0.2) is 9.07 Å². The van der Waals surface area contributed by atoms with Gasteiger partial charge in [-0.05, 0) is 35.9 Å². The summed E-state index contributed by atoms with van der Waals surface area (Å²) in [5.41, 5.74) is 4.62. The molecule has 1 N–H and O–H groups in total. The molecule has 4 aromatic rings. The summed E-state index contributed by atoms with van der Waals surface area (Å²) in [6.07, 6.45) is 5.26. The minimum atomic E-state index is -1.07. The van der Waals surface area contributed by atoms with Crippen LogP contribution in [0.3, 0.4) is 0 Å². The number of nitrogens with one attached hydrogen (secondary N) is 1. The highest BCUT2D eigenvalue weighted by atomic mass is 19.1. The molecule has 0 radical (unpaired) electrons. The second kappa shape index (κ2) is 7.79. The average molecular weight is 373 g/mol. The van der Waals surface area contributed by atoms with Crippen LogP contribution in [-0.2, 0) is 4.79 Å². The molecule has 0 unspecified atom stereocenters. The van der Waals surface area contributed by atoms with E-state index in [1.807, 2.05) is 54.7 Å². The molecule has 0 spiro atoms. The van der Waals surface area contributed by atoms with Crippen LogP contribution in [0.25, 0.3) is 28.1 Å². The second-order valence-electron chi connectivity index (χ2n) is 6.07. The molecule has 2 heterocycles. The molecule has 0 saturated heterocycles. The zero-order chi connectivity index (χ0) is 19.3. The molecule has 0 aliphatic heterocycles. The van der Waals surface area contributed by atoms with Gasteiger partial charge in [-0.2, -0.15) is 0 Å². The SMILES string of the molecule is O=C(CF)Nc1ccccc1-c1cccc(-n2cc(-c3cccnc3)nn2)c1. The Morgan fingerprint density at radius 3 is 2.71 bits per heavy atom. The lowest BCUT2D eigenvalue weighted by Crippen LogP contribution is -2.13. The van der Waals surface area contributed by atoms with Crippen LogP contribution in [-0.4, -0.2) is 32.6 Å². The van der Waals surface area contributed by atoms with Crippen LogP contribution < -0.4 is 5.32 Å². The molecule has 0 aliphatic carbocycles. The molecule has 0 saturated carbocycles. The number of hydrogen-bond acceptors (Lipinski definition) is 4. The molecular weight excluding hydrogens is 357 g/mol. The molecule has 7 heteroatoms. The smallest absolute Gasteiger partial charge is 0.255 e. The normalized spacial score (nSPS) is 10.6. The molecule has 0 bridgehead atoms. The summed E-state index contributed by atoms with van der Waals surface area (Å²) in [6.45, 7) is -1.07. The number of halogens is 1. The standard InChI is InChI=1S/C21H16FN5O/c22-12-21(28)24-19-9-2-1-8-18(19)15-5-3-7-17(11-15)27-14-20(25-26-27)16-6-4-10-23-13-16/h1-11,13-14H,12H2,(H,24,28). The average Bonchev–Trinajstić information content (AvgIpc) is 3.25. The van der Waals surface area contributed by atoms with Gasteiger partial charge in [0, 0.05) is 29.2 Å². The molecule has 0 fully saturated rings. The lowest BCUT2D eigenvalue weighted by molar-refractivity contribution is -0.117. The third kappa shape index (κ3) is 3.64. The lowest BCUT2D eigenvalue weighted by atomic mass is 10.0. The van der Waals surface area contributed by atoms with Crippen LogP contribution in [0.4, 0.5) is 10.1 Å². The first-order chi connectivity index (χ1) is 13.7. The predicted octanol–water partition coefficient (Wildman–Crippen LogP) is 3.90. The quantitative estimate of drug-likeness (QED) is 0.576. The monoisotopic (exact) mass is 373 g/mol. The molecule has 28 heavy (non-hydrogen) atoms. The summed E-state index contributed by atoms with van der Waals surface area (Å²) in [4.78, 5) is 15.6. The van der Waals surface area contributed by atoms with E-state index in [4.69, 9.17) is 0 Å². The number of hydrogen-bond donors (Lipinski definition) is 1. The Balaban J connectivity index is 1.68. The highest BCUT2D eigenvalue weighted by Crippen LogP contribution is 2.29. The molecule has 6 nitrogen and oxygen atoms in total. The number of alkyl halides is 1. The zero-order valence-corrected chi connectivity index (χ0v) is 14.8. The van der Waals surface area contributed by atoms with E-state index < -0.39 is 12.6 Å². The third-order valence-electron chi connectivity index (χ3n) is 4.19. The Bertz CT molecular complexity index is 1110. The Morgan fingerprint density at radius 2 is 1.89 bits per heavy atom. The number of carbonyl (C=O) groups is 1. The van der Waals surface area contributed by atoms with E-state index in [1.54, 1.807) is 29.2 Å². The van der Waals surface area contributed by atoms with Crippen molar-refractivity contribution in [2.24, 2.45) is 0 Å². The molecule has 1 amide bonds. The van der Waals surface area contributed by atoms with Gasteiger partial charge in [0.15, 0.2) is 6.67 Å². The Morgan fingerprint density at radius 1 is 1.04 bits per heavy atom. The van der Waals surface area contributed by atoms with Crippen molar-refractivity contribution in [3.8, 4) is 28.1 Å². The number of benzene rings is 2. The Labute approximate surface area is 160 Å². The maximum absolute atomic E-state index is 12.6. The van der Waals surface area contributed by atoms with Gasteiger partial charge < -0.3 is 5.32 Å². The lowest BCUT2D eigenvalue weighted by Gasteiger charge is -2.11. The first kappa shape index (κ1) is 17.5. The fourth-order valence-electron chi connectivity index (χ4n) is 2.88. The minimum absolute atomic E-state index is 0.553. The second-order valence-corrected chi connectivity index (χ2v) is 6.07. The van der Waals surface area contributed by atoms with E-state index in [9.17, 15) is 9.18 Å². The van der Waals surface area contributed by atoms with Crippen LogP contribution in [0.1, 0.15) is 0 Å². The van der Waals surface area contributed by atoms with E-state index in [-0.39, 0.29) is 0 Å². The van der Waals surface area contributed by atoms with Crippen molar-refractivity contribution in [2.45, 2.75) is 0 Å². The molecule has 4 rings (SSSR count). The first-order valence-corrected chi connectivity index (χ1v) is 8.63. The maximum atomic E-state index is 12.6. The minimum Gasteiger partial charge on any atom is -0.323 e. The van der Waals surface area contributed by atoms with Crippen molar-refractivity contribution in [2.75, 3.05) is 12.0 Å². The van der Waals surface area contributed by atoms with Crippen molar-refractivity contribution in [1.82, 2.24) is 20.0 Å². The van der Waals surface area contributed by atoms with Crippen LogP contribution in [0.2, 0.25) is 0 Å². The van der Waals surface area contributed by atoms with Crippen LogP contribution in [0, 0.1) is 0 Å². The molecule has 2 aromatic carbocycles. The van der Waals surface area contributed by atoms with E-state index >= 15 is 0 Å². The summed E-state index contributed by atoms with van der Waals surface area (Å²) in [7, 11) is 0. The van der Waals surface area contributed by atoms with Gasteiger partial charge in [0.1, 0.15) is 5.69 Å². The highest BCUT2D eigenvalue weighted by molar-refractivity contribution is 5.96. The van der Waals surface area contributed by atoms with Gasteiger partial charge in [0.25, 0.3) is 5.91 Å². The van der Waals surface area contributed by atoms with E-state index in [1.165, 1.54) is 0 Å². The zero-order valence-electron chi connectivity index (χ0n) is 14.8.